The number of carbonyl (C=O) groups excluding carboxylic acids is 1. The van der Waals surface area contributed by atoms with Crippen molar-refractivity contribution in [1.82, 2.24) is 14.3 Å². The van der Waals surface area contributed by atoms with Gasteiger partial charge in [-0.15, -0.1) is 11.3 Å². The van der Waals surface area contributed by atoms with Gasteiger partial charge in [0.1, 0.15) is 0 Å². The maximum absolute atomic E-state index is 12.7. The van der Waals surface area contributed by atoms with Gasteiger partial charge in [0.15, 0.2) is 16.5 Å². The van der Waals surface area contributed by atoms with Crippen LogP contribution in [-0.2, 0) is 24.2 Å². The highest BCUT2D eigenvalue weighted by atomic mass is 32.1. The summed E-state index contributed by atoms with van der Waals surface area (Å²) >= 11 is 1.57. The zero-order chi connectivity index (χ0) is 17.4. The van der Waals surface area contributed by atoms with Crippen molar-refractivity contribution in [2.24, 2.45) is 0 Å². The molecule has 1 aliphatic rings. The molecule has 6 nitrogen and oxygen atoms in total. The van der Waals surface area contributed by atoms with Crippen LogP contribution < -0.4 is 9.47 Å². The summed E-state index contributed by atoms with van der Waals surface area (Å²) in [5.41, 5.74) is 3.14. The number of thiazole rings is 1. The van der Waals surface area contributed by atoms with E-state index in [1.807, 2.05) is 39.2 Å². The molecule has 2 aromatic heterocycles. The first-order chi connectivity index (χ1) is 12.2. The number of imidazole rings is 1. The average Bonchev–Trinajstić information content (AvgIpc) is 3.21. The van der Waals surface area contributed by atoms with E-state index in [0.29, 0.717) is 25.3 Å². The Kier molecular flexibility index (Phi) is 4.09. The Bertz CT molecular complexity index is 902. The molecule has 1 amide bonds. The molecule has 130 valence electrons. The van der Waals surface area contributed by atoms with E-state index in [4.69, 9.17) is 9.47 Å². The van der Waals surface area contributed by atoms with Crippen LogP contribution in [0.3, 0.4) is 0 Å². The molecule has 4 rings (SSSR count). The number of ether oxygens (including phenoxy) is 2. The molecule has 1 aliphatic heterocycles. The van der Waals surface area contributed by atoms with Crippen LogP contribution in [0.4, 0.5) is 0 Å². The first kappa shape index (κ1) is 16.0. The zero-order valence-corrected chi connectivity index (χ0v) is 15.0. The van der Waals surface area contributed by atoms with Crippen molar-refractivity contribution in [2.75, 3.05) is 20.8 Å². The van der Waals surface area contributed by atoms with Crippen LogP contribution in [0.5, 0.6) is 11.5 Å². The largest absolute Gasteiger partial charge is 0.493 e. The second kappa shape index (κ2) is 6.40. The van der Waals surface area contributed by atoms with Crippen molar-refractivity contribution in [3.05, 3.63) is 46.7 Å². The van der Waals surface area contributed by atoms with Gasteiger partial charge in [-0.2, -0.15) is 0 Å². The molecule has 0 saturated carbocycles. The molecule has 0 spiro atoms. The van der Waals surface area contributed by atoms with Crippen LogP contribution >= 0.6 is 11.3 Å². The Morgan fingerprint density at radius 2 is 2.00 bits per heavy atom. The number of nitrogens with zero attached hydrogens (tertiary/aromatic N) is 3. The number of benzene rings is 1. The lowest BCUT2D eigenvalue weighted by Crippen LogP contribution is -2.37. The Morgan fingerprint density at radius 1 is 1.24 bits per heavy atom. The summed E-state index contributed by atoms with van der Waals surface area (Å²) in [7, 11) is 3.26. The van der Waals surface area contributed by atoms with Crippen LogP contribution in [0.15, 0.2) is 29.9 Å². The predicted octanol–water partition coefficient (Wildman–Crippen LogP) is 2.54. The summed E-state index contributed by atoms with van der Waals surface area (Å²) in [6.45, 7) is 1.31. The molecule has 0 saturated heterocycles. The highest BCUT2D eigenvalue weighted by Crippen LogP contribution is 2.33. The molecule has 7 heteroatoms. The lowest BCUT2D eigenvalue weighted by atomic mass is 9.98. The monoisotopic (exact) mass is 357 g/mol. The van der Waals surface area contributed by atoms with E-state index in [1.54, 1.807) is 25.6 Å². The fourth-order valence-electron chi connectivity index (χ4n) is 3.22. The highest BCUT2D eigenvalue weighted by Gasteiger charge is 2.23. The summed E-state index contributed by atoms with van der Waals surface area (Å²) in [6, 6.07) is 3.99. The van der Waals surface area contributed by atoms with Crippen LogP contribution in [0.1, 0.15) is 16.8 Å². The molecule has 0 N–H and O–H groups in total. The van der Waals surface area contributed by atoms with Gasteiger partial charge in [0, 0.05) is 30.9 Å². The Labute approximate surface area is 149 Å². The van der Waals surface area contributed by atoms with Crippen LogP contribution in [-0.4, -0.2) is 41.0 Å². The summed E-state index contributed by atoms with van der Waals surface area (Å²) in [4.78, 5) is 20.0. The van der Waals surface area contributed by atoms with Gasteiger partial charge in [0.05, 0.1) is 26.3 Å². The smallest absolute Gasteiger partial charge is 0.228 e. The van der Waals surface area contributed by atoms with E-state index in [2.05, 4.69) is 4.98 Å². The van der Waals surface area contributed by atoms with Crippen molar-refractivity contribution in [3.8, 4) is 11.5 Å². The quantitative estimate of drug-likeness (QED) is 0.720. The average molecular weight is 357 g/mol. The zero-order valence-electron chi connectivity index (χ0n) is 14.2. The van der Waals surface area contributed by atoms with E-state index in [-0.39, 0.29) is 5.91 Å². The Morgan fingerprint density at radius 3 is 2.72 bits per heavy atom. The molecule has 0 unspecified atom stereocenters. The fraction of sp³-hybridized carbons (Fsp3) is 0.333. The Balaban J connectivity index is 1.51. The molecule has 0 bridgehead atoms. The number of aromatic nitrogens is 2. The minimum atomic E-state index is 0.103. The number of hydrogen-bond acceptors (Lipinski definition) is 5. The van der Waals surface area contributed by atoms with Crippen LogP contribution in [0.25, 0.3) is 4.96 Å². The van der Waals surface area contributed by atoms with E-state index in [9.17, 15) is 4.79 Å². The van der Waals surface area contributed by atoms with Crippen molar-refractivity contribution < 1.29 is 14.3 Å². The standard InChI is InChI=1S/C18H19N3O3S/c1-23-15-7-12-3-4-20(10-13(12)8-16(15)24-2)17(22)9-14-11-21-5-6-25-18(21)19-14/h5-8,11H,3-4,9-10H2,1-2H3. The first-order valence-electron chi connectivity index (χ1n) is 8.10. The number of amides is 1. The molecule has 25 heavy (non-hydrogen) atoms. The number of hydrogen-bond donors (Lipinski definition) is 0. The van der Waals surface area contributed by atoms with Gasteiger partial charge < -0.3 is 14.4 Å². The van der Waals surface area contributed by atoms with Gasteiger partial charge in [-0.3, -0.25) is 9.20 Å². The number of carbonyl (C=O) groups is 1. The summed E-state index contributed by atoms with van der Waals surface area (Å²) in [5, 5.41) is 1.98. The van der Waals surface area contributed by atoms with Gasteiger partial charge in [0.25, 0.3) is 0 Å². The van der Waals surface area contributed by atoms with Crippen LogP contribution in [0, 0.1) is 0 Å². The molecule has 1 aromatic carbocycles. The summed E-state index contributed by atoms with van der Waals surface area (Å²) in [5.74, 6) is 1.54. The molecule has 3 aromatic rings. The van der Waals surface area contributed by atoms with Gasteiger partial charge in [-0.25, -0.2) is 4.98 Å². The van der Waals surface area contributed by atoms with Crippen molar-refractivity contribution in [2.45, 2.75) is 19.4 Å². The minimum Gasteiger partial charge on any atom is -0.493 e. The molecule has 0 fully saturated rings. The van der Waals surface area contributed by atoms with E-state index < -0.39 is 0 Å². The minimum absolute atomic E-state index is 0.103. The Hall–Kier alpha value is -2.54. The predicted molar refractivity (Wildman–Crippen MR) is 95.4 cm³/mol. The molecular weight excluding hydrogens is 338 g/mol. The molecule has 0 radical (unpaired) electrons. The third-order valence-corrected chi connectivity index (χ3v) is 5.32. The number of rotatable bonds is 4. The molecule has 0 atom stereocenters. The fourth-order valence-corrected chi connectivity index (χ4v) is 3.94. The third-order valence-electron chi connectivity index (χ3n) is 4.55. The lowest BCUT2D eigenvalue weighted by molar-refractivity contribution is -0.131. The summed E-state index contributed by atoms with van der Waals surface area (Å²) < 4.78 is 12.7. The molecule has 0 aliphatic carbocycles. The second-order valence-electron chi connectivity index (χ2n) is 6.04. The van der Waals surface area contributed by atoms with Crippen LogP contribution in [0.2, 0.25) is 0 Å². The first-order valence-corrected chi connectivity index (χ1v) is 8.98. The maximum atomic E-state index is 12.7. The van der Waals surface area contributed by atoms with Gasteiger partial charge in [-0.05, 0) is 29.7 Å². The van der Waals surface area contributed by atoms with Gasteiger partial charge in [-0.1, -0.05) is 0 Å². The topological polar surface area (TPSA) is 56.1 Å². The molecular formula is C18H19N3O3S. The SMILES string of the molecule is COc1cc2c(cc1OC)CN(C(=O)Cc1cn3ccsc3n1)CC2. The van der Waals surface area contributed by atoms with E-state index in [0.717, 1.165) is 28.4 Å². The van der Waals surface area contributed by atoms with Gasteiger partial charge in [0.2, 0.25) is 5.91 Å². The second-order valence-corrected chi connectivity index (χ2v) is 6.92. The number of methoxy groups -OCH3 is 2. The summed E-state index contributed by atoms with van der Waals surface area (Å²) in [6.07, 6.45) is 5.03. The highest BCUT2D eigenvalue weighted by molar-refractivity contribution is 7.15. The third kappa shape index (κ3) is 2.95. The van der Waals surface area contributed by atoms with Gasteiger partial charge >= 0.3 is 0 Å². The van der Waals surface area contributed by atoms with E-state index in [1.165, 1.54) is 5.56 Å². The maximum Gasteiger partial charge on any atom is 0.228 e. The number of fused-ring (bicyclic) bond motifs is 2. The van der Waals surface area contributed by atoms with E-state index >= 15 is 0 Å². The van der Waals surface area contributed by atoms with Crippen molar-refractivity contribution in [1.29, 1.82) is 0 Å². The lowest BCUT2D eigenvalue weighted by Gasteiger charge is -2.29. The van der Waals surface area contributed by atoms with Crippen molar-refractivity contribution >= 4 is 22.2 Å². The van der Waals surface area contributed by atoms with Crippen molar-refractivity contribution in [3.63, 3.8) is 0 Å². The normalized spacial score (nSPS) is 13.8. The molecule has 3 heterocycles.